The van der Waals surface area contributed by atoms with E-state index < -0.39 is 11.8 Å². The second-order valence-corrected chi connectivity index (χ2v) is 10.6. The molecule has 0 bridgehead atoms. The molecule has 1 aliphatic rings. The number of thiocarbonyl (C=S) groups is 1. The largest absolute Gasteiger partial charge is 0.490 e. The van der Waals surface area contributed by atoms with Gasteiger partial charge in [-0.2, -0.15) is 0 Å². The van der Waals surface area contributed by atoms with Crippen LogP contribution in [0.4, 0.5) is 5.69 Å². The van der Waals surface area contributed by atoms with Crippen LogP contribution in [0.15, 0.2) is 96.6 Å². The van der Waals surface area contributed by atoms with Crippen LogP contribution in [-0.2, 0) is 22.8 Å². The van der Waals surface area contributed by atoms with Crippen molar-refractivity contribution in [1.29, 1.82) is 0 Å². The summed E-state index contributed by atoms with van der Waals surface area (Å²) in [6, 6.07) is 27.4. The Balaban J connectivity index is 1.31. The molecular formula is C33H26Cl2N2O5S. The molecule has 1 heterocycles. The van der Waals surface area contributed by atoms with Crippen molar-refractivity contribution >= 4 is 64.1 Å². The Morgan fingerprint density at radius 3 is 2.12 bits per heavy atom. The van der Waals surface area contributed by atoms with Gasteiger partial charge in [0.05, 0.1) is 22.3 Å². The van der Waals surface area contributed by atoms with Crippen LogP contribution < -0.4 is 24.4 Å². The molecule has 2 amide bonds. The maximum Gasteiger partial charge on any atom is 0.270 e. The fraction of sp³-hybridized carbons (Fsp3) is 0.121. The van der Waals surface area contributed by atoms with Gasteiger partial charge in [0, 0.05) is 0 Å². The third-order valence-electron chi connectivity index (χ3n) is 6.38. The smallest absolute Gasteiger partial charge is 0.270 e. The van der Waals surface area contributed by atoms with Crippen LogP contribution in [0.25, 0.3) is 6.08 Å². The maximum absolute atomic E-state index is 13.3. The summed E-state index contributed by atoms with van der Waals surface area (Å²) < 4.78 is 17.8. The molecule has 218 valence electrons. The molecular weight excluding hydrogens is 607 g/mol. The predicted molar refractivity (Wildman–Crippen MR) is 172 cm³/mol. The van der Waals surface area contributed by atoms with E-state index in [1.54, 1.807) is 36.4 Å². The first-order valence-corrected chi connectivity index (χ1v) is 14.5. The van der Waals surface area contributed by atoms with E-state index >= 15 is 0 Å². The van der Waals surface area contributed by atoms with Crippen molar-refractivity contribution in [1.82, 2.24) is 5.32 Å². The number of hydrogen-bond acceptors (Lipinski definition) is 6. The fourth-order valence-electron chi connectivity index (χ4n) is 4.36. The minimum absolute atomic E-state index is 0.00134. The topological polar surface area (TPSA) is 77.1 Å². The average molecular weight is 634 g/mol. The van der Waals surface area contributed by atoms with Crippen molar-refractivity contribution < 1.29 is 23.8 Å². The zero-order valence-corrected chi connectivity index (χ0v) is 25.3. The van der Waals surface area contributed by atoms with Gasteiger partial charge in [0.1, 0.15) is 18.8 Å². The number of ether oxygens (including phenoxy) is 3. The lowest BCUT2D eigenvalue weighted by Crippen LogP contribution is -2.54. The van der Waals surface area contributed by atoms with E-state index in [-0.39, 0.29) is 33.1 Å². The Morgan fingerprint density at radius 1 is 0.791 bits per heavy atom. The zero-order chi connectivity index (χ0) is 30.3. The standard InChI is InChI=1S/C33H26Cl2N2O5S/c1-2-40-29-18-22(13-14-28(29)41-19-21-9-5-3-6-10-21)20-42-30-26(34)16-23(17-27(30)35)15-25-31(38)36-33(43)37(32(25)39)24-11-7-4-8-12-24/h3-18H,2,19-20H2,1H3,(H,36,38,43)/b25-15-. The summed E-state index contributed by atoms with van der Waals surface area (Å²) in [6.07, 6.45) is 1.42. The summed E-state index contributed by atoms with van der Waals surface area (Å²) in [5, 5.41) is 2.99. The number of benzene rings is 4. The number of nitrogens with one attached hydrogen (secondary N) is 1. The lowest BCUT2D eigenvalue weighted by Gasteiger charge is -2.28. The molecule has 1 N–H and O–H groups in total. The molecule has 0 aromatic heterocycles. The molecule has 4 aromatic rings. The number of carbonyl (C=O) groups excluding carboxylic acids is 2. The third kappa shape index (κ3) is 7.17. The van der Waals surface area contributed by atoms with Crippen LogP contribution in [0.1, 0.15) is 23.6 Å². The van der Waals surface area contributed by atoms with Crippen LogP contribution in [0, 0.1) is 0 Å². The first-order valence-electron chi connectivity index (χ1n) is 13.3. The number of amides is 2. The van der Waals surface area contributed by atoms with E-state index in [2.05, 4.69) is 5.32 Å². The van der Waals surface area contributed by atoms with Crippen LogP contribution >= 0.6 is 35.4 Å². The minimum atomic E-state index is -0.615. The highest BCUT2D eigenvalue weighted by Gasteiger charge is 2.34. The first-order chi connectivity index (χ1) is 20.8. The number of rotatable bonds is 10. The molecule has 0 spiro atoms. The molecule has 1 fully saturated rings. The van der Waals surface area contributed by atoms with Gasteiger partial charge in [-0.25, -0.2) is 0 Å². The van der Waals surface area contributed by atoms with E-state index in [1.807, 2.05) is 61.5 Å². The van der Waals surface area contributed by atoms with Gasteiger partial charge in [-0.3, -0.25) is 19.8 Å². The number of hydrogen-bond donors (Lipinski definition) is 1. The number of para-hydroxylation sites is 1. The van der Waals surface area contributed by atoms with Crippen molar-refractivity contribution in [3.8, 4) is 17.2 Å². The van der Waals surface area contributed by atoms with Crippen molar-refractivity contribution in [2.75, 3.05) is 11.5 Å². The van der Waals surface area contributed by atoms with Crippen molar-refractivity contribution in [2.45, 2.75) is 20.1 Å². The average Bonchev–Trinajstić information content (AvgIpc) is 2.99. The van der Waals surface area contributed by atoms with Crippen molar-refractivity contribution in [3.63, 3.8) is 0 Å². The molecule has 0 atom stereocenters. The Kier molecular flexibility index (Phi) is 9.61. The Labute approximate surface area is 264 Å². The molecule has 0 radical (unpaired) electrons. The van der Waals surface area contributed by atoms with Gasteiger partial charge >= 0.3 is 0 Å². The van der Waals surface area contributed by atoms with Gasteiger partial charge in [-0.15, -0.1) is 0 Å². The molecule has 0 unspecified atom stereocenters. The lowest BCUT2D eigenvalue weighted by molar-refractivity contribution is -0.122. The number of nitrogens with zero attached hydrogens (tertiary/aromatic N) is 1. The van der Waals surface area contributed by atoms with Gasteiger partial charge in [0.25, 0.3) is 11.8 Å². The fourth-order valence-corrected chi connectivity index (χ4v) is 5.25. The predicted octanol–water partition coefficient (Wildman–Crippen LogP) is 7.38. The normalized spacial score (nSPS) is 14.1. The highest BCUT2D eigenvalue weighted by atomic mass is 35.5. The third-order valence-corrected chi connectivity index (χ3v) is 7.22. The van der Waals surface area contributed by atoms with Crippen LogP contribution in [0.2, 0.25) is 10.0 Å². The zero-order valence-electron chi connectivity index (χ0n) is 23.0. The number of carbonyl (C=O) groups is 2. The molecule has 1 aliphatic heterocycles. The molecule has 43 heavy (non-hydrogen) atoms. The summed E-state index contributed by atoms with van der Waals surface area (Å²) in [5.74, 6) is 0.304. The molecule has 10 heteroatoms. The molecule has 0 saturated carbocycles. The highest BCUT2D eigenvalue weighted by molar-refractivity contribution is 7.80. The molecule has 7 nitrogen and oxygen atoms in total. The van der Waals surface area contributed by atoms with E-state index in [9.17, 15) is 9.59 Å². The van der Waals surface area contributed by atoms with E-state index in [1.165, 1.54) is 11.0 Å². The van der Waals surface area contributed by atoms with Crippen LogP contribution in [0.5, 0.6) is 17.2 Å². The Hall–Kier alpha value is -4.37. The Morgan fingerprint density at radius 2 is 1.44 bits per heavy atom. The van der Waals surface area contributed by atoms with E-state index in [4.69, 9.17) is 49.6 Å². The maximum atomic E-state index is 13.3. The van der Waals surface area contributed by atoms with Gasteiger partial charge in [-0.1, -0.05) is 77.8 Å². The summed E-state index contributed by atoms with van der Waals surface area (Å²) in [5.41, 5.74) is 2.73. The lowest BCUT2D eigenvalue weighted by atomic mass is 10.1. The van der Waals surface area contributed by atoms with Crippen molar-refractivity contribution in [2.24, 2.45) is 0 Å². The first kappa shape index (κ1) is 30.1. The Bertz CT molecular complexity index is 1670. The van der Waals surface area contributed by atoms with Crippen LogP contribution in [0.3, 0.4) is 0 Å². The number of anilines is 1. The van der Waals surface area contributed by atoms with E-state index in [0.717, 1.165) is 11.1 Å². The summed E-state index contributed by atoms with van der Waals surface area (Å²) in [4.78, 5) is 27.2. The molecule has 4 aromatic carbocycles. The second-order valence-electron chi connectivity index (χ2n) is 9.38. The van der Waals surface area contributed by atoms with E-state index in [0.29, 0.717) is 36.0 Å². The molecule has 0 aliphatic carbocycles. The van der Waals surface area contributed by atoms with Crippen LogP contribution in [-0.4, -0.2) is 23.5 Å². The van der Waals surface area contributed by atoms with Gasteiger partial charge in [0.15, 0.2) is 22.4 Å². The monoisotopic (exact) mass is 632 g/mol. The quantitative estimate of drug-likeness (QED) is 0.112. The highest BCUT2D eigenvalue weighted by Crippen LogP contribution is 2.37. The molecule has 1 saturated heterocycles. The van der Waals surface area contributed by atoms with Gasteiger partial charge < -0.3 is 14.2 Å². The minimum Gasteiger partial charge on any atom is -0.490 e. The van der Waals surface area contributed by atoms with Gasteiger partial charge in [0.2, 0.25) is 0 Å². The van der Waals surface area contributed by atoms with Gasteiger partial charge in [-0.05, 0) is 78.3 Å². The summed E-state index contributed by atoms with van der Waals surface area (Å²) in [7, 11) is 0. The second kappa shape index (κ2) is 13.7. The molecule has 5 rings (SSSR count). The SMILES string of the molecule is CCOc1cc(COc2c(Cl)cc(/C=C3/C(=O)NC(=S)N(c4ccccc4)C3=O)cc2Cl)ccc1OCc1ccccc1. The summed E-state index contributed by atoms with van der Waals surface area (Å²) in [6.45, 7) is 2.94. The summed E-state index contributed by atoms with van der Waals surface area (Å²) >= 11 is 18.3. The van der Waals surface area contributed by atoms with Crippen molar-refractivity contribution in [3.05, 3.63) is 123 Å². The number of halogens is 2.